The molecule has 2 aromatic carbocycles. The molecule has 0 saturated heterocycles. The zero-order valence-corrected chi connectivity index (χ0v) is 13.3. The molecule has 2 amide bonds. The molecule has 1 aliphatic rings. The zero-order valence-electron chi connectivity index (χ0n) is 13.3. The van der Waals surface area contributed by atoms with E-state index in [-0.39, 0.29) is 11.8 Å². The normalized spacial score (nSPS) is 17.7. The Hall–Kier alpha value is -2.82. The fraction of sp³-hybridized carbons (Fsp3) is 0.222. The summed E-state index contributed by atoms with van der Waals surface area (Å²) >= 11 is 0. The monoisotopic (exact) mass is 310 g/mol. The third kappa shape index (κ3) is 2.54. The number of nitrogens with one attached hydrogen (secondary N) is 2. The lowest BCUT2D eigenvalue weighted by atomic mass is 9.89. The lowest BCUT2D eigenvalue weighted by Gasteiger charge is -2.29. The lowest BCUT2D eigenvalue weighted by Crippen LogP contribution is -2.44. The van der Waals surface area contributed by atoms with Crippen LogP contribution in [0.15, 0.2) is 47.7 Å². The van der Waals surface area contributed by atoms with Gasteiger partial charge in [0.2, 0.25) is 0 Å². The number of urea groups is 1. The van der Waals surface area contributed by atoms with Crippen molar-refractivity contribution in [3.05, 3.63) is 53.2 Å². The van der Waals surface area contributed by atoms with E-state index in [1.54, 1.807) is 14.0 Å². The van der Waals surface area contributed by atoms with Crippen LogP contribution in [-0.4, -0.2) is 18.9 Å². The smallest absolute Gasteiger partial charge is 0.319 e. The van der Waals surface area contributed by atoms with Crippen LogP contribution in [0, 0.1) is 0 Å². The van der Waals surface area contributed by atoms with Gasteiger partial charge >= 0.3 is 6.03 Å². The second kappa shape index (κ2) is 5.76. The quantitative estimate of drug-likeness (QED) is 0.915. The molecule has 5 heteroatoms. The number of carbonyl (C=O) groups is 2. The molecule has 1 unspecified atom stereocenters. The lowest BCUT2D eigenvalue weighted by molar-refractivity contribution is -0.114. The molecule has 1 heterocycles. The largest absolute Gasteiger partial charge is 0.496 e. The SMILES string of the molecule is COc1ccc2ccccc2c1C1NC(=O)NC(C)=C1C(C)=O. The third-order valence-corrected chi connectivity index (χ3v) is 4.09. The fourth-order valence-corrected chi connectivity index (χ4v) is 3.13. The molecule has 1 aliphatic heterocycles. The molecule has 0 aliphatic carbocycles. The first-order valence-electron chi connectivity index (χ1n) is 7.37. The number of hydrogen-bond acceptors (Lipinski definition) is 3. The molecule has 5 nitrogen and oxygen atoms in total. The maximum atomic E-state index is 12.1. The minimum Gasteiger partial charge on any atom is -0.496 e. The van der Waals surface area contributed by atoms with Crippen molar-refractivity contribution in [2.24, 2.45) is 0 Å². The topological polar surface area (TPSA) is 67.4 Å². The number of carbonyl (C=O) groups excluding carboxylic acids is 2. The van der Waals surface area contributed by atoms with E-state index < -0.39 is 6.04 Å². The van der Waals surface area contributed by atoms with Gasteiger partial charge in [0.1, 0.15) is 5.75 Å². The molecule has 2 N–H and O–H groups in total. The Labute approximate surface area is 134 Å². The average molecular weight is 310 g/mol. The highest BCUT2D eigenvalue weighted by atomic mass is 16.5. The summed E-state index contributed by atoms with van der Waals surface area (Å²) in [6.45, 7) is 3.24. The van der Waals surface area contributed by atoms with Crippen molar-refractivity contribution in [3.8, 4) is 5.75 Å². The standard InChI is InChI=1S/C18H18N2O3/c1-10-15(11(2)21)17(20-18(22)19-10)16-13-7-5-4-6-12(13)8-9-14(16)23-3/h4-9,17H,1-3H3,(H2,19,20,22). The Morgan fingerprint density at radius 1 is 1.17 bits per heavy atom. The van der Waals surface area contributed by atoms with Crippen LogP contribution in [0.4, 0.5) is 4.79 Å². The van der Waals surface area contributed by atoms with Gasteiger partial charge < -0.3 is 15.4 Å². The van der Waals surface area contributed by atoms with Crippen LogP contribution in [-0.2, 0) is 4.79 Å². The van der Waals surface area contributed by atoms with E-state index in [1.807, 2.05) is 36.4 Å². The van der Waals surface area contributed by atoms with Crippen LogP contribution in [0.2, 0.25) is 0 Å². The number of fused-ring (bicyclic) bond motifs is 1. The van der Waals surface area contributed by atoms with Crippen molar-refractivity contribution in [1.29, 1.82) is 0 Å². The van der Waals surface area contributed by atoms with Crippen molar-refractivity contribution in [2.45, 2.75) is 19.9 Å². The highest BCUT2D eigenvalue weighted by Crippen LogP contribution is 2.38. The molecule has 0 saturated carbocycles. The molecule has 0 spiro atoms. The minimum absolute atomic E-state index is 0.0880. The maximum Gasteiger partial charge on any atom is 0.319 e. The number of hydrogen-bond donors (Lipinski definition) is 2. The summed E-state index contributed by atoms with van der Waals surface area (Å²) in [5.74, 6) is 0.553. The highest BCUT2D eigenvalue weighted by Gasteiger charge is 2.32. The number of Topliss-reactive ketones (excluding diaryl/α,β-unsaturated/α-hetero) is 1. The summed E-state index contributed by atoms with van der Waals surface area (Å²) in [4.78, 5) is 24.1. The van der Waals surface area contributed by atoms with Gasteiger partial charge in [0.05, 0.1) is 13.2 Å². The second-order valence-corrected chi connectivity index (χ2v) is 5.53. The van der Waals surface area contributed by atoms with E-state index in [0.717, 1.165) is 16.3 Å². The van der Waals surface area contributed by atoms with Crippen LogP contribution in [0.5, 0.6) is 5.75 Å². The number of ketones is 1. The van der Waals surface area contributed by atoms with Gasteiger partial charge in [0.25, 0.3) is 0 Å². The van der Waals surface area contributed by atoms with Gasteiger partial charge in [-0.15, -0.1) is 0 Å². The van der Waals surface area contributed by atoms with Crippen molar-refractivity contribution in [3.63, 3.8) is 0 Å². The minimum atomic E-state index is -0.540. The predicted molar refractivity (Wildman–Crippen MR) is 88.3 cm³/mol. The van der Waals surface area contributed by atoms with Crippen molar-refractivity contribution in [1.82, 2.24) is 10.6 Å². The van der Waals surface area contributed by atoms with Crippen LogP contribution < -0.4 is 15.4 Å². The molecule has 0 fully saturated rings. The van der Waals surface area contributed by atoms with Gasteiger partial charge in [-0.3, -0.25) is 4.79 Å². The van der Waals surface area contributed by atoms with E-state index in [4.69, 9.17) is 4.74 Å². The predicted octanol–water partition coefficient (Wildman–Crippen LogP) is 3.07. The van der Waals surface area contributed by atoms with Crippen LogP contribution in [0.3, 0.4) is 0 Å². The molecular formula is C18H18N2O3. The summed E-state index contributed by atoms with van der Waals surface area (Å²) in [5.41, 5.74) is 1.91. The van der Waals surface area contributed by atoms with E-state index >= 15 is 0 Å². The summed E-state index contributed by atoms with van der Waals surface area (Å²) < 4.78 is 5.50. The molecule has 1 atom stereocenters. The summed E-state index contributed by atoms with van der Waals surface area (Å²) in [6, 6.07) is 10.8. The first-order valence-corrected chi connectivity index (χ1v) is 7.37. The fourth-order valence-electron chi connectivity index (χ4n) is 3.13. The van der Waals surface area contributed by atoms with Gasteiger partial charge in [-0.1, -0.05) is 30.3 Å². The van der Waals surface area contributed by atoms with E-state index in [1.165, 1.54) is 6.92 Å². The number of benzene rings is 2. The molecule has 0 radical (unpaired) electrons. The summed E-state index contributed by atoms with van der Waals surface area (Å²) in [5, 5.41) is 7.49. The first-order chi connectivity index (χ1) is 11.0. The number of amides is 2. The summed E-state index contributed by atoms with van der Waals surface area (Å²) in [7, 11) is 1.58. The Balaban J connectivity index is 2.31. The summed E-state index contributed by atoms with van der Waals surface area (Å²) in [6.07, 6.45) is 0. The number of ether oxygens (including phenoxy) is 1. The Morgan fingerprint density at radius 3 is 2.61 bits per heavy atom. The van der Waals surface area contributed by atoms with E-state index in [9.17, 15) is 9.59 Å². The highest BCUT2D eigenvalue weighted by molar-refractivity contribution is 6.00. The van der Waals surface area contributed by atoms with E-state index in [2.05, 4.69) is 10.6 Å². The molecule has 118 valence electrons. The Kier molecular flexibility index (Phi) is 3.78. The van der Waals surface area contributed by atoms with Crippen molar-refractivity contribution >= 4 is 22.6 Å². The molecule has 3 rings (SSSR count). The average Bonchev–Trinajstić information content (AvgIpc) is 2.52. The van der Waals surface area contributed by atoms with Crippen molar-refractivity contribution in [2.75, 3.05) is 7.11 Å². The molecular weight excluding hydrogens is 292 g/mol. The van der Waals surface area contributed by atoms with Gasteiger partial charge in [-0.2, -0.15) is 0 Å². The van der Waals surface area contributed by atoms with Gasteiger partial charge in [0, 0.05) is 16.8 Å². The van der Waals surface area contributed by atoms with Crippen molar-refractivity contribution < 1.29 is 14.3 Å². The van der Waals surface area contributed by atoms with Gasteiger partial charge in [-0.25, -0.2) is 4.79 Å². The molecule has 0 aromatic heterocycles. The number of allylic oxidation sites excluding steroid dienone is 1. The molecule has 2 aromatic rings. The Bertz CT molecular complexity index is 839. The van der Waals surface area contributed by atoms with Crippen LogP contribution in [0.25, 0.3) is 10.8 Å². The molecule has 0 bridgehead atoms. The van der Waals surface area contributed by atoms with Gasteiger partial charge in [0.15, 0.2) is 5.78 Å². The second-order valence-electron chi connectivity index (χ2n) is 5.53. The number of rotatable bonds is 3. The zero-order chi connectivity index (χ0) is 16.6. The van der Waals surface area contributed by atoms with Crippen LogP contribution in [0.1, 0.15) is 25.5 Å². The third-order valence-electron chi connectivity index (χ3n) is 4.09. The maximum absolute atomic E-state index is 12.1. The number of methoxy groups -OCH3 is 1. The van der Waals surface area contributed by atoms with Crippen LogP contribution >= 0.6 is 0 Å². The Morgan fingerprint density at radius 2 is 1.91 bits per heavy atom. The van der Waals surface area contributed by atoms with E-state index in [0.29, 0.717) is 17.0 Å². The van der Waals surface area contributed by atoms with Gasteiger partial charge in [-0.05, 0) is 30.7 Å². The first kappa shape index (κ1) is 15.1. The molecule has 23 heavy (non-hydrogen) atoms.